The molecule has 4 atom stereocenters. The number of nitrogens with one attached hydrogen (secondary N) is 2. The van der Waals surface area contributed by atoms with Gasteiger partial charge in [0, 0.05) is 36.1 Å². The molecule has 3 heterocycles. The second-order valence-corrected chi connectivity index (χ2v) is 8.62. The van der Waals surface area contributed by atoms with Crippen LogP contribution in [0.3, 0.4) is 0 Å². The van der Waals surface area contributed by atoms with Crippen LogP contribution in [0.5, 0.6) is 0 Å². The Morgan fingerprint density at radius 2 is 2.04 bits per heavy atom. The number of hydrogen-bond acceptors (Lipinski definition) is 6. The van der Waals surface area contributed by atoms with Gasteiger partial charge in [0.25, 0.3) is 0 Å². The van der Waals surface area contributed by atoms with E-state index in [1.165, 1.54) is 23.6 Å². The Morgan fingerprint density at radius 3 is 2.56 bits per heavy atom. The first kappa shape index (κ1) is 19.7. The molecule has 27 heavy (non-hydrogen) atoms. The molecule has 0 bridgehead atoms. The van der Waals surface area contributed by atoms with Crippen molar-refractivity contribution < 1.29 is 24.6 Å². The van der Waals surface area contributed by atoms with Gasteiger partial charge in [-0.15, -0.1) is 11.8 Å². The monoisotopic (exact) mass is 396 g/mol. The highest BCUT2D eigenvalue weighted by Crippen LogP contribution is 2.51. The number of amidine groups is 1. The Kier molecular flexibility index (Phi) is 5.22. The van der Waals surface area contributed by atoms with Gasteiger partial charge in [-0.05, 0) is 6.92 Å². The maximum Gasteiger partial charge on any atom is 0.353 e. The molecule has 2 saturated heterocycles. The van der Waals surface area contributed by atoms with Gasteiger partial charge in [0.05, 0.1) is 24.6 Å². The van der Waals surface area contributed by atoms with Gasteiger partial charge in [0.2, 0.25) is 11.8 Å². The van der Waals surface area contributed by atoms with Gasteiger partial charge in [-0.1, -0.05) is 6.92 Å². The van der Waals surface area contributed by atoms with Crippen molar-refractivity contribution in [2.75, 3.05) is 19.6 Å². The standard InChI is InChI=1S/C17H24N4O5S/c1-7-13-12(8(2)22)16(24)21(13)14(17(25)26)15(7)27-10-5-20(6-10)11(18)4-19-9(3)23/h7-8,10,12-13,18,22H,4-6H2,1-3H3,(H,19,23)(H,25,26)/t7-,8-,12-,13-/m1/s1. The van der Waals surface area contributed by atoms with Gasteiger partial charge < -0.3 is 25.3 Å². The van der Waals surface area contributed by atoms with E-state index in [0.29, 0.717) is 23.8 Å². The summed E-state index contributed by atoms with van der Waals surface area (Å²) >= 11 is 1.44. The molecule has 148 valence electrons. The highest BCUT2D eigenvalue weighted by atomic mass is 32.2. The third-order valence-corrected chi connectivity index (χ3v) is 6.79. The molecular formula is C17H24N4O5S. The molecule has 3 aliphatic rings. The molecule has 10 heteroatoms. The lowest BCUT2D eigenvalue weighted by molar-refractivity contribution is -0.163. The van der Waals surface area contributed by atoms with Gasteiger partial charge in [-0.25, -0.2) is 4.79 Å². The second kappa shape index (κ2) is 7.16. The van der Waals surface area contributed by atoms with Crippen LogP contribution >= 0.6 is 11.8 Å². The zero-order chi connectivity index (χ0) is 20.0. The smallest absolute Gasteiger partial charge is 0.353 e. The van der Waals surface area contributed by atoms with Crippen LogP contribution in [0.25, 0.3) is 0 Å². The third-order valence-electron chi connectivity index (χ3n) is 5.34. The SMILES string of the molecule is CC(=O)NCC(=N)N1CC(SC2=C(C(=O)O)N3C(=O)[C@H]([C@@H](C)O)[C@H]3[C@H]2C)C1. The van der Waals surface area contributed by atoms with E-state index in [1.54, 1.807) is 6.92 Å². The number of nitrogens with zero attached hydrogens (tertiary/aromatic N) is 2. The lowest BCUT2D eigenvalue weighted by Gasteiger charge is -2.46. The van der Waals surface area contributed by atoms with E-state index < -0.39 is 18.0 Å². The number of aliphatic hydroxyl groups is 1. The molecular weight excluding hydrogens is 372 g/mol. The molecule has 0 saturated carbocycles. The number of aliphatic hydroxyl groups excluding tert-OH is 1. The van der Waals surface area contributed by atoms with Gasteiger partial charge in [-0.2, -0.15) is 0 Å². The van der Waals surface area contributed by atoms with Crippen LogP contribution in [0.1, 0.15) is 20.8 Å². The summed E-state index contributed by atoms with van der Waals surface area (Å²) in [4.78, 5) is 38.8. The minimum atomic E-state index is -1.13. The van der Waals surface area contributed by atoms with Crippen molar-refractivity contribution in [2.24, 2.45) is 11.8 Å². The number of thioether (sulfide) groups is 1. The maximum atomic E-state index is 12.3. The number of amides is 2. The highest BCUT2D eigenvalue weighted by molar-refractivity contribution is 8.03. The quantitative estimate of drug-likeness (QED) is 0.274. The van der Waals surface area contributed by atoms with E-state index in [-0.39, 0.29) is 41.3 Å². The predicted octanol–water partition coefficient (Wildman–Crippen LogP) is -0.329. The number of carbonyl (C=O) groups is 3. The lowest BCUT2D eigenvalue weighted by atomic mass is 9.79. The number of likely N-dealkylation sites (tertiary alicyclic amines) is 1. The van der Waals surface area contributed by atoms with Crippen LogP contribution in [0.15, 0.2) is 10.6 Å². The highest BCUT2D eigenvalue weighted by Gasteiger charge is 2.60. The number of fused-ring (bicyclic) bond motifs is 1. The van der Waals surface area contributed by atoms with Gasteiger partial charge in [-0.3, -0.25) is 15.0 Å². The summed E-state index contributed by atoms with van der Waals surface area (Å²) in [6.45, 7) is 6.20. The molecule has 0 aromatic carbocycles. The molecule has 0 aromatic heterocycles. The van der Waals surface area contributed by atoms with Crippen LogP contribution in [-0.2, 0) is 14.4 Å². The largest absolute Gasteiger partial charge is 0.477 e. The Balaban J connectivity index is 1.65. The number of aliphatic carboxylic acids is 1. The van der Waals surface area contributed by atoms with E-state index >= 15 is 0 Å². The molecule has 0 radical (unpaired) electrons. The molecule has 9 nitrogen and oxygen atoms in total. The van der Waals surface area contributed by atoms with E-state index in [9.17, 15) is 24.6 Å². The van der Waals surface area contributed by atoms with E-state index in [2.05, 4.69) is 5.32 Å². The van der Waals surface area contributed by atoms with Gasteiger partial charge in [0.1, 0.15) is 11.5 Å². The fourth-order valence-electron chi connectivity index (χ4n) is 3.91. The summed E-state index contributed by atoms with van der Waals surface area (Å²) in [5.41, 5.74) is 0.0335. The first-order valence-electron chi connectivity index (χ1n) is 8.85. The molecule has 0 unspecified atom stereocenters. The van der Waals surface area contributed by atoms with E-state index in [0.717, 1.165) is 0 Å². The molecule has 3 rings (SSSR count). The number of carboxylic acids is 1. The molecule has 0 aliphatic carbocycles. The fourth-order valence-corrected chi connectivity index (χ4v) is 5.43. The van der Waals surface area contributed by atoms with Gasteiger partial charge >= 0.3 is 5.97 Å². The number of carbonyl (C=O) groups excluding carboxylic acids is 2. The van der Waals surface area contributed by atoms with Gasteiger partial charge in [0.15, 0.2) is 0 Å². The van der Waals surface area contributed by atoms with Crippen molar-refractivity contribution in [3.05, 3.63) is 10.6 Å². The van der Waals surface area contributed by atoms with Crippen LogP contribution in [0.2, 0.25) is 0 Å². The van der Waals surface area contributed by atoms with Crippen LogP contribution in [-0.4, -0.2) is 80.7 Å². The minimum Gasteiger partial charge on any atom is -0.477 e. The molecule has 4 N–H and O–H groups in total. The summed E-state index contributed by atoms with van der Waals surface area (Å²) in [6, 6.07) is -0.305. The Bertz CT molecular complexity index is 731. The summed E-state index contributed by atoms with van der Waals surface area (Å²) < 4.78 is 0. The van der Waals surface area contributed by atoms with Crippen molar-refractivity contribution >= 4 is 35.4 Å². The number of rotatable bonds is 6. The zero-order valence-electron chi connectivity index (χ0n) is 15.4. The third kappa shape index (κ3) is 3.31. The van der Waals surface area contributed by atoms with E-state index in [4.69, 9.17) is 5.41 Å². The summed E-state index contributed by atoms with van der Waals surface area (Å²) in [5, 5.41) is 30.1. The topological polar surface area (TPSA) is 134 Å². The Labute approximate surface area is 161 Å². The van der Waals surface area contributed by atoms with Crippen molar-refractivity contribution in [2.45, 2.75) is 38.2 Å². The molecule has 0 aromatic rings. The van der Waals surface area contributed by atoms with Crippen molar-refractivity contribution in [3.63, 3.8) is 0 Å². The molecule has 2 amide bonds. The van der Waals surface area contributed by atoms with Crippen molar-refractivity contribution in [1.82, 2.24) is 15.1 Å². The van der Waals surface area contributed by atoms with Crippen LogP contribution < -0.4 is 5.32 Å². The van der Waals surface area contributed by atoms with E-state index in [1.807, 2.05) is 11.8 Å². The van der Waals surface area contributed by atoms with Crippen molar-refractivity contribution in [1.29, 1.82) is 5.41 Å². The van der Waals surface area contributed by atoms with Crippen LogP contribution in [0, 0.1) is 17.2 Å². The molecule has 3 aliphatic heterocycles. The minimum absolute atomic E-state index is 0.0335. The average Bonchev–Trinajstić information content (AvgIpc) is 2.77. The number of carboxylic acid groups (broad SMARTS) is 1. The Hall–Kier alpha value is -2.07. The lowest BCUT2D eigenvalue weighted by Crippen LogP contribution is -2.63. The van der Waals surface area contributed by atoms with Crippen molar-refractivity contribution in [3.8, 4) is 0 Å². The second-order valence-electron chi connectivity index (χ2n) is 7.27. The van der Waals surface area contributed by atoms with Crippen LogP contribution in [0.4, 0.5) is 0 Å². The normalized spacial score (nSPS) is 28.4. The first-order valence-corrected chi connectivity index (χ1v) is 9.73. The number of β-lactam (4-membered cyclic amide) rings is 1. The molecule has 2 fully saturated rings. The molecule has 0 spiro atoms. The maximum absolute atomic E-state index is 12.3. The fraction of sp³-hybridized carbons (Fsp3) is 0.647. The summed E-state index contributed by atoms with van der Waals surface area (Å²) in [5.74, 6) is -2.03. The zero-order valence-corrected chi connectivity index (χ0v) is 16.2. The summed E-state index contributed by atoms with van der Waals surface area (Å²) in [7, 11) is 0. The predicted molar refractivity (Wildman–Crippen MR) is 99.0 cm³/mol. The average molecular weight is 396 g/mol. The Morgan fingerprint density at radius 1 is 1.41 bits per heavy atom. The number of hydrogen-bond donors (Lipinski definition) is 4. The summed E-state index contributed by atoms with van der Waals surface area (Å²) in [6.07, 6.45) is -0.811. The first-order chi connectivity index (χ1) is 12.6.